The Morgan fingerprint density at radius 2 is 1.34 bits per heavy atom. The number of alkyl carbamates (subject to hydrolysis) is 2. The summed E-state index contributed by atoms with van der Waals surface area (Å²) in [5.74, 6) is 1.83. The van der Waals surface area contributed by atoms with Crippen LogP contribution in [0.25, 0.3) is 44.4 Å². The minimum Gasteiger partial charge on any atom is -0.488 e. The highest BCUT2D eigenvalue weighted by Gasteiger charge is 2.38. The maximum absolute atomic E-state index is 14.0. The summed E-state index contributed by atoms with van der Waals surface area (Å²) in [6.07, 6.45) is 5.45. The summed E-state index contributed by atoms with van der Waals surface area (Å²) >= 11 is 0. The first kappa shape index (κ1) is 39.3. The van der Waals surface area contributed by atoms with Gasteiger partial charge in [0.05, 0.1) is 50.1 Å². The zero-order valence-corrected chi connectivity index (χ0v) is 34.1. The van der Waals surface area contributed by atoms with Crippen LogP contribution in [0.15, 0.2) is 91.3 Å². The standard InChI is InChI=1S/C46H46N8O7/c1-26(49-45(57)59-2)43(55)53-19-7-11-37(53)41-47-24-36(51-41)30-14-16-32-31(22-30)25-61-40-33-17-15-29(21-28(33)13-18-34(32)40)35-23-48-42(50-35)38-12-8-20-54(38)44(56)39(52-46(58)60-3)27-9-5-4-6-10-27/h4-6,9-10,13-18,21-24,26,37-39H,7-8,11-12,19-20,25H2,1-3H3,(H,47,51)(H,48,50)(H,49,57)(H,52,58)/t26-,37-,38-,39+/m0/s1. The first-order valence-corrected chi connectivity index (χ1v) is 20.5. The summed E-state index contributed by atoms with van der Waals surface area (Å²) in [4.78, 5) is 71.1. The van der Waals surface area contributed by atoms with Crippen LogP contribution in [0.3, 0.4) is 0 Å². The highest BCUT2D eigenvalue weighted by molar-refractivity contribution is 5.98. The van der Waals surface area contributed by atoms with E-state index in [1.54, 1.807) is 29.1 Å². The minimum atomic E-state index is -0.890. The number of amides is 4. The van der Waals surface area contributed by atoms with Gasteiger partial charge in [0, 0.05) is 29.6 Å². The molecule has 4 amide bonds. The molecule has 4 atom stereocenters. The molecular weight excluding hydrogens is 777 g/mol. The Bertz CT molecular complexity index is 2640. The second-order valence-corrected chi connectivity index (χ2v) is 15.6. The number of nitrogens with zero attached hydrogens (tertiary/aromatic N) is 4. The zero-order chi connectivity index (χ0) is 42.2. The van der Waals surface area contributed by atoms with Crippen molar-refractivity contribution < 1.29 is 33.4 Å². The highest BCUT2D eigenvalue weighted by Crippen LogP contribution is 2.44. The SMILES string of the molecule is COC(=O)N[C@@H](C)C(=O)N1CCC[C@H]1c1ncc(-c2ccc3c(c2)COc2c-3ccc3cc(-c4cnc([C@@H]5CCCN5C(=O)[C@H](NC(=O)OC)c5ccccc5)[nH]4)ccc23)[nH]1. The number of hydrogen-bond donors (Lipinski definition) is 4. The van der Waals surface area contributed by atoms with E-state index >= 15 is 0 Å². The number of carbonyl (C=O) groups is 4. The molecule has 61 heavy (non-hydrogen) atoms. The second-order valence-electron chi connectivity index (χ2n) is 15.6. The largest absolute Gasteiger partial charge is 0.488 e. The Hall–Kier alpha value is -7.16. The van der Waals surface area contributed by atoms with Crippen LogP contribution in [0.1, 0.15) is 73.5 Å². The molecule has 5 heterocycles. The molecule has 4 aromatic carbocycles. The van der Waals surface area contributed by atoms with Gasteiger partial charge in [0.1, 0.15) is 36.1 Å². The van der Waals surface area contributed by atoms with Crippen LogP contribution in [-0.4, -0.2) is 87.1 Å². The lowest BCUT2D eigenvalue weighted by molar-refractivity contribution is -0.135. The number of carbonyl (C=O) groups excluding carboxylic acids is 4. The van der Waals surface area contributed by atoms with E-state index < -0.39 is 24.3 Å². The van der Waals surface area contributed by atoms with Crippen LogP contribution in [0, 0.1) is 0 Å². The lowest BCUT2D eigenvalue weighted by atomic mass is 9.92. The van der Waals surface area contributed by atoms with Gasteiger partial charge in [0.15, 0.2) is 0 Å². The molecule has 2 fully saturated rings. The van der Waals surface area contributed by atoms with Gasteiger partial charge in [0.25, 0.3) is 5.91 Å². The van der Waals surface area contributed by atoms with E-state index in [-0.39, 0.29) is 23.9 Å². The summed E-state index contributed by atoms with van der Waals surface area (Å²) in [7, 11) is 2.55. The maximum Gasteiger partial charge on any atom is 0.407 e. The Balaban J connectivity index is 0.914. The molecule has 0 bridgehead atoms. The Kier molecular flexibility index (Phi) is 10.6. The number of benzene rings is 4. The smallest absolute Gasteiger partial charge is 0.407 e. The number of nitrogens with one attached hydrogen (secondary N) is 4. The summed E-state index contributed by atoms with van der Waals surface area (Å²) in [5.41, 5.74) is 7.43. The second kappa shape index (κ2) is 16.5. The van der Waals surface area contributed by atoms with Crippen molar-refractivity contribution in [2.75, 3.05) is 27.3 Å². The minimum absolute atomic E-state index is 0.179. The van der Waals surface area contributed by atoms with Crippen molar-refractivity contribution >= 4 is 34.8 Å². The van der Waals surface area contributed by atoms with Crippen LogP contribution in [-0.2, 0) is 25.7 Å². The number of aromatic amines is 2. The van der Waals surface area contributed by atoms with Gasteiger partial charge in [-0.2, -0.15) is 0 Å². The van der Waals surface area contributed by atoms with Crippen LogP contribution in [0.5, 0.6) is 5.75 Å². The fourth-order valence-corrected chi connectivity index (χ4v) is 8.89. The van der Waals surface area contributed by atoms with Crippen molar-refractivity contribution in [2.24, 2.45) is 0 Å². The molecule has 2 aromatic heterocycles. The monoisotopic (exact) mass is 822 g/mol. The summed E-state index contributed by atoms with van der Waals surface area (Å²) in [6.45, 7) is 3.18. The van der Waals surface area contributed by atoms with Crippen molar-refractivity contribution in [3.8, 4) is 39.4 Å². The van der Waals surface area contributed by atoms with E-state index in [1.807, 2.05) is 30.3 Å². The fourth-order valence-electron chi connectivity index (χ4n) is 8.89. The van der Waals surface area contributed by atoms with Gasteiger partial charge in [-0.25, -0.2) is 19.6 Å². The van der Waals surface area contributed by atoms with Crippen LogP contribution >= 0.6 is 0 Å². The number of ether oxygens (including phenoxy) is 3. The van der Waals surface area contributed by atoms with Crippen molar-refractivity contribution in [3.63, 3.8) is 0 Å². The molecular formula is C46H46N8O7. The Morgan fingerprint density at radius 3 is 2.02 bits per heavy atom. The number of methoxy groups -OCH3 is 2. The average Bonchev–Trinajstić information content (AvgIpc) is 4.14. The third-order valence-corrected chi connectivity index (χ3v) is 12.0. The summed E-state index contributed by atoms with van der Waals surface area (Å²) in [6, 6.07) is 23.8. The molecule has 0 saturated carbocycles. The van der Waals surface area contributed by atoms with Crippen molar-refractivity contribution in [3.05, 3.63) is 114 Å². The molecule has 9 rings (SSSR count). The third kappa shape index (κ3) is 7.51. The molecule has 0 radical (unpaired) electrons. The first-order valence-electron chi connectivity index (χ1n) is 20.5. The number of hydrogen-bond acceptors (Lipinski definition) is 9. The van der Waals surface area contributed by atoms with E-state index in [0.29, 0.717) is 36.9 Å². The van der Waals surface area contributed by atoms with Crippen molar-refractivity contribution in [2.45, 2.75) is 63.4 Å². The molecule has 4 N–H and O–H groups in total. The molecule has 6 aromatic rings. The van der Waals surface area contributed by atoms with E-state index in [2.05, 4.69) is 78.9 Å². The maximum atomic E-state index is 14.0. The van der Waals surface area contributed by atoms with Crippen LogP contribution in [0.2, 0.25) is 0 Å². The molecule has 15 nitrogen and oxygen atoms in total. The molecule has 0 spiro atoms. The molecule has 3 aliphatic heterocycles. The van der Waals surface area contributed by atoms with Crippen LogP contribution in [0.4, 0.5) is 9.59 Å². The van der Waals surface area contributed by atoms with Crippen molar-refractivity contribution in [1.29, 1.82) is 0 Å². The molecule has 312 valence electrons. The molecule has 0 unspecified atom stereocenters. The van der Waals surface area contributed by atoms with E-state index in [9.17, 15) is 19.2 Å². The molecule has 2 saturated heterocycles. The van der Waals surface area contributed by atoms with E-state index in [1.165, 1.54) is 14.2 Å². The quantitative estimate of drug-likeness (QED) is 0.116. The predicted octanol–water partition coefficient (Wildman–Crippen LogP) is 7.35. The number of fused-ring (bicyclic) bond motifs is 5. The topological polar surface area (TPSA) is 184 Å². The Morgan fingerprint density at radius 1 is 0.738 bits per heavy atom. The lowest BCUT2D eigenvalue weighted by Crippen LogP contribution is -2.46. The van der Waals surface area contributed by atoms with E-state index in [0.717, 1.165) is 81.4 Å². The number of aromatic nitrogens is 4. The van der Waals surface area contributed by atoms with Gasteiger partial charge in [0.2, 0.25) is 5.91 Å². The normalized spacial score (nSPS) is 17.8. The number of imidazole rings is 2. The lowest BCUT2D eigenvalue weighted by Gasteiger charge is -2.28. The highest BCUT2D eigenvalue weighted by atomic mass is 16.5. The first-order chi connectivity index (χ1) is 29.7. The molecule has 3 aliphatic rings. The van der Waals surface area contributed by atoms with Gasteiger partial charge < -0.3 is 44.6 Å². The summed E-state index contributed by atoms with van der Waals surface area (Å²) in [5, 5.41) is 7.31. The van der Waals surface area contributed by atoms with Gasteiger partial charge in [-0.15, -0.1) is 0 Å². The van der Waals surface area contributed by atoms with Crippen LogP contribution < -0.4 is 15.4 Å². The fraction of sp³-hybridized carbons (Fsp3) is 0.304. The van der Waals surface area contributed by atoms with Gasteiger partial charge in [-0.3, -0.25) is 9.59 Å². The van der Waals surface area contributed by atoms with Gasteiger partial charge in [-0.1, -0.05) is 60.7 Å². The summed E-state index contributed by atoms with van der Waals surface area (Å²) < 4.78 is 16.0. The third-order valence-electron chi connectivity index (χ3n) is 12.0. The number of H-pyrrole nitrogens is 2. The van der Waals surface area contributed by atoms with Crippen molar-refractivity contribution in [1.82, 2.24) is 40.4 Å². The number of likely N-dealkylation sites (tertiary alicyclic amines) is 2. The number of rotatable bonds is 9. The molecule has 15 heteroatoms. The predicted molar refractivity (Wildman–Crippen MR) is 226 cm³/mol. The van der Waals surface area contributed by atoms with Gasteiger partial charge >= 0.3 is 12.2 Å². The van der Waals surface area contributed by atoms with Gasteiger partial charge in [-0.05, 0) is 78.4 Å². The van der Waals surface area contributed by atoms with E-state index in [4.69, 9.17) is 14.5 Å². The Labute approximate surface area is 351 Å². The average molecular weight is 823 g/mol. The zero-order valence-electron chi connectivity index (χ0n) is 34.1. The molecule has 0 aliphatic carbocycles.